The zero-order valence-corrected chi connectivity index (χ0v) is 11.7. The number of imidazole rings is 1. The lowest BCUT2D eigenvalue weighted by Gasteiger charge is -2.16. The maximum absolute atomic E-state index is 12.9. The molecule has 0 aliphatic carbocycles. The lowest BCUT2D eigenvalue weighted by Crippen LogP contribution is -2.12. The van der Waals surface area contributed by atoms with Crippen LogP contribution < -0.4 is 5.32 Å². The van der Waals surface area contributed by atoms with Gasteiger partial charge in [-0.15, -0.1) is 0 Å². The number of hydrogen-bond donors (Lipinski definition) is 1. The zero-order chi connectivity index (χ0) is 13.8. The molecule has 0 radical (unpaired) electrons. The highest BCUT2D eigenvalue weighted by molar-refractivity contribution is 5.30. The lowest BCUT2D eigenvalue weighted by atomic mass is 10.1. The summed E-state index contributed by atoms with van der Waals surface area (Å²) in [6, 6.07) is 6.96. The van der Waals surface area contributed by atoms with Crippen LogP contribution >= 0.6 is 0 Å². The van der Waals surface area contributed by atoms with Gasteiger partial charge in [0.2, 0.25) is 5.95 Å². The number of nitrogens with zero attached hydrogens (tertiary/aromatic N) is 2. The highest BCUT2D eigenvalue weighted by atomic mass is 19.1. The van der Waals surface area contributed by atoms with Gasteiger partial charge in [0.15, 0.2) is 0 Å². The Morgan fingerprint density at radius 3 is 2.63 bits per heavy atom. The molecular weight excluding hydrogens is 241 g/mol. The van der Waals surface area contributed by atoms with Gasteiger partial charge in [0, 0.05) is 18.8 Å². The molecule has 4 heteroatoms. The Morgan fingerprint density at radius 2 is 2.00 bits per heavy atom. The fourth-order valence-electron chi connectivity index (χ4n) is 2.20. The van der Waals surface area contributed by atoms with Crippen molar-refractivity contribution >= 4 is 5.95 Å². The molecule has 102 valence electrons. The van der Waals surface area contributed by atoms with Crippen LogP contribution in [0.4, 0.5) is 10.3 Å². The van der Waals surface area contributed by atoms with Crippen LogP contribution in [-0.2, 0) is 6.42 Å². The lowest BCUT2D eigenvalue weighted by molar-refractivity contribution is 0.548. The number of halogens is 1. The Bertz CT molecular complexity index is 531. The molecule has 2 rings (SSSR count). The number of hydrogen-bond acceptors (Lipinski definition) is 2. The number of aryl methyl sites for hydroxylation is 1. The van der Waals surface area contributed by atoms with E-state index in [1.807, 2.05) is 25.3 Å². The van der Waals surface area contributed by atoms with Crippen molar-refractivity contribution < 1.29 is 4.39 Å². The maximum Gasteiger partial charge on any atom is 0.203 e. The van der Waals surface area contributed by atoms with Gasteiger partial charge in [0.25, 0.3) is 0 Å². The summed E-state index contributed by atoms with van der Waals surface area (Å²) < 4.78 is 15.0. The molecule has 0 bridgehead atoms. The van der Waals surface area contributed by atoms with Gasteiger partial charge in [-0.1, -0.05) is 12.1 Å². The highest BCUT2D eigenvalue weighted by Crippen LogP contribution is 2.20. The quantitative estimate of drug-likeness (QED) is 0.891. The van der Waals surface area contributed by atoms with Crippen LogP contribution in [0.2, 0.25) is 0 Å². The van der Waals surface area contributed by atoms with Crippen molar-refractivity contribution in [1.82, 2.24) is 9.55 Å². The second kappa shape index (κ2) is 5.87. The van der Waals surface area contributed by atoms with Crippen molar-refractivity contribution in [2.45, 2.75) is 33.2 Å². The van der Waals surface area contributed by atoms with Crippen LogP contribution in [0.15, 0.2) is 30.5 Å². The van der Waals surface area contributed by atoms with Crippen LogP contribution in [0.5, 0.6) is 0 Å². The Labute approximate surface area is 113 Å². The Kier molecular flexibility index (Phi) is 4.20. The van der Waals surface area contributed by atoms with E-state index in [1.165, 1.54) is 12.1 Å². The molecule has 0 saturated heterocycles. The summed E-state index contributed by atoms with van der Waals surface area (Å²) in [6.07, 6.45) is 2.90. The molecule has 0 amide bonds. The van der Waals surface area contributed by atoms with Crippen LogP contribution in [0.1, 0.15) is 31.1 Å². The Hall–Kier alpha value is -1.84. The summed E-state index contributed by atoms with van der Waals surface area (Å²) >= 11 is 0. The van der Waals surface area contributed by atoms with Crippen LogP contribution in [0.25, 0.3) is 0 Å². The average Bonchev–Trinajstić information content (AvgIpc) is 2.74. The third-order valence-electron chi connectivity index (χ3n) is 3.11. The monoisotopic (exact) mass is 261 g/mol. The maximum atomic E-state index is 12.9. The largest absolute Gasteiger partial charge is 0.356 e. The van der Waals surface area contributed by atoms with E-state index in [-0.39, 0.29) is 11.9 Å². The van der Waals surface area contributed by atoms with Gasteiger partial charge in [0.1, 0.15) is 5.82 Å². The molecule has 2 aromatic rings. The summed E-state index contributed by atoms with van der Waals surface area (Å²) in [6.45, 7) is 7.03. The van der Waals surface area contributed by atoms with Crippen molar-refractivity contribution in [2.24, 2.45) is 0 Å². The van der Waals surface area contributed by atoms with Gasteiger partial charge in [-0.05, 0) is 44.9 Å². The first-order chi connectivity index (χ1) is 9.10. The van der Waals surface area contributed by atoms with Gasteiger partial charge >= 0.3 is 0 Å². The van der Waals surface area contributed by atoms with Gasteiger partial charge in [-0.25, -0.2) is 9.37 Å². The molecule has 1 atom stereocenters. The molecule has 1 aromatic heterocycles. The minimum Gasteiger partial charge on any atom is -0.356 e. The molecule has 1 heterocycles. The van der Waals surface area contributed by atoms with Gasteiger partial charge in [-0.2, -0.15) is 0 Å². The first kappa shape index (κ1) is 13.6. The summed E-state index contributed by atoms with van der Waals surface area (Å²) in [5, 5.41) is 3.26. The third-order valence-corrected chi connectivity index (χ3v) is 3.11. The second-order valence-corrected chi connectivity index (χ2v) is 4.82. The summed E-state index contributed by atoms with van der Waals surface area (Å²) in [5.74, 6) is 0.706. The third kappa shape index (κ3) is 3.34. The molecule has 0 spiro atoms. The molecule has 1 aromatic carbocycles. The minimum absolute atomic E-state index is 0.191. The molecule has 0 fully saturated rings. The number of aromatic nitrogens is 2. The van der Waals surface area contributed by atoms with Crippen molar-refractivity contribution in [1.29, 1.82) is 0 Å². The molecule has 1 unspecified atom stereocenters. The fourth-order valence-corrected chi connectivity index (χ4v) is 2.20. The van der Waals surface area contributed by atoms with Crippen molar-refractivity contribution in [3.8, 4) is 0 Å². The number of rotatable bonds is 5. The molecule has 0 saturated carbocycles. The first-order valence-corrected chi connectivity index (χ1v) is 6.64. The second-order valence-electron chi connectivity index (χ2n) is 4.82. The summed E-state index contributed by atoms with van der Waals surface area (Å²) in [4.78, 5) is 4.47. The van der Waals surface area contributed by atoms with Crippen LogP contribution in [-0.4, -0.2) is 16.1 Å². The van der Waals surface area contributed by atoms with E-state index in [0.29, 0.717) is 0 Å². The van der Waals surface area contributed by atoms with E-state index in [2.05, 4.69) is 28.7 Å². The zero-order valence-electron chi connectivity index (χ0n) is 11.7. The number of anilines is 1. The summed E-state index contributed by atoms with van der Waals surface area (Å²) in [7, 11) is 0. The predicted molar refractivity (Wildman–Crippen MR) is 75.9 cm³/mol. The fraction of sp³-hybridized carbons (Fsp3) is 0.400. The molecule has 0 aliphatic rings. The Morgan fingerprint density at radius 1 is 1.32 bits per heavy atom. The van der Waals surface area contributed by atoms with Crippen LogP contribution in [0, 0.1) is 12.7 Å². The van der Waals surface area contributed by atoms with Gasteiger partial charge in [0.05, 0.1) is 5.69 Å². The minimum atomic E-state index is -0.191. The SMILES string of the molecule is CCNc1nc(C)cn1C(C)Cc1ccc(F)cc1. The Balaban J connectivity index is 2.14. The van der Waals surface area contributed by atoms with Crippen molar-refractivity contribution in [2.75, 3.05) is 11.9 Å². The van der Waals surface area contributed by atoms with E-state index in [0.717, 1.165) is 30.2 Å². The number of nitrogens with one attached hydrogen (secondary N) is 1. The standard InChI is InChI=1S/C15H20FN3/c1-4-17-15-18-11(2)10-19(15)12(3)9-13-5-7-14(16)8-6-13/h5-8,10,12H,4,9H2,1-3H3,(H,17,18). The van der Waals surface area contributed by atoms with E-state index in [9.17, 15) is 4.39 Å². The molecule has 0 aliphatic heterocycles. The smallest absolute Gasteiger partial charge is 0.203 e. The summed E-state index contributed by atoms with van der Waals surface area (Å²) in [5.41, 5.74) is 2.13. The predicted octanol–water partition coefficient (Wildman–Crippen LogP) is 3.57. The van der Waals surface area contributed by atoms with E-state index < -0.39 is 0 Å². The first-order valence-electron chi connectivity index (χ1n) is 6.64. The van der Waals surface area contributed by atoms with E-state index in [1.54, 1.807) is 0 Å². The van der Waals surface area contributed by atoms with Gasteiger partial charge in [-0.3, -0.25) is 0 Å². The molecule has 1 N–H and O–H groups in total. The normalized spacial score (nSPS) is 12.4. The van der Waals surface area contributed by atoms with Crippen LogP contribution in [0.3, 0.4) is 0 Å². The van der Waals surface area contributed by atoms with Crippen molar-refractivity contribution in [3.63, 3.8) is 0 Å². The molecule has 19 heavy (non-hydrogen) atoms. The highest BCUT2D eigenvalue weighted by Gasteiger charge is 2.12. The number of benzene rings is 1. The van der Waals surface area contributed by atoms with Crippen molar-refractivity contribution in [3.05, 3.63) is 47.5 Å². The van der Waals surface area contributed by atoms with E-state index >= 15 is 0 Å². The van der Waals surface area contributed by atoms with Gasteiger partial charge < -0.3 is 9.88 Å². The molecule has 3 nitrogen and oxygen atoms in total. The van der Waals surface area contributed by atoms with E-state index in [4.69, 9.17) is 0 Å². The average molecular weight is 261 g/mol. The topological polar surface area (TPSA) is 29.9 Å². The molecular formula is C15H20FN3.